The zero-order valence-electron chi connectivity index (χ0n) is 11.2. The maximum atomic E-state index is 12.4. The summed E-state index contributed by atoms with van der Waals surface area (Å²) in [6.07, 6.45) is 8.08. The van der Waals surface area contributed by atoms with Crippen molar-refractivity contribution >= 4 is 5.91 Å². The summed E-state index contributed by atoms with van der Waals surface area (Å²) in [6, 6.07) is 0.0105. The van der Waals surface area contributed by atoms with Gasteiger partial charge in [0.1, 0.15) is 0 Å². The van der Waals surface area contributed by atoms with Crippen molar-refractivity contribution < 1.29 is 4.79 Å². The summed E-state index contributed by atoms with van der Waals surface area (Å²) in [6.45, 7) is 4.65. The molecule has 1 atom stereocenters. The van der Waals surface area contributed by atoms with E-state index in [4.69, 9.17) is 0 Å². The molecule has 0 aromatic rings. The molecule has 1 saturated carbocycles. The average molecular weight is 251 g/mol. The van der Waals surface area contributed by atoms with Crippen molar-refractivity contribution in [3.05, 3.63) is 0 Å². The normalized spacial score (nSPS) is 31.8. The summed E-state index contributed by atoms with van der Waals surface area (Å²) in [5.74, 6) is 0.315. The number of carbonyl (C=O) groups is 1. The van der Waals surface area contributed by atoms with Gasteiger partial charge in [-0.3, -0.25) is 4.79 Å². The zero-order valence-corrected chi connectivity index (χ0v) is 11.2. The SMILES string of the molecule is O=C(C1CNCCN1)N1CCC2(CCCC2)CC1. The Labute approximate surface area is 109 Å². The molecular weight excluding hydrogens is 226 g/mol. The van der Waals surface area contributed by atoms with Crippen LogP contribution in [0.15, 0.2) is 0 Å². The number of carbonyl (C=O) groups excluding carboxylic acids is 1. The van der Waals surface area contributed by atoms with Crippen LogP contribution in [-0.2, 0) is 4.79 Å². The van der Waals surface area contributed by atoms with E-state index in [2.05, 4.69) is 15.5 Å². The van der Waals surface area contributed by atoms with Gasteiger partial charge in [-0.05, 0) is 31.1 Å². The van der Waals surface area contributed by atoms with E-state index in [0.717, 1.165) is 32.7 Å². The van der Waals surface area contributed by atoms with Crippen LogP contribution < -0.4 is 10.6 Å². The predicted octanol–water partition coefficient (Wildman–Crippen LogP) is 0.731. The van der Waals surface area contributed by atoms with Crippen molar-refractivity contribution in [2.24, 2.45) is 5.41 Å². The Morgan fingerprint density at radius 1 is 1.06 bits per heavy atom. The van der Waals surface area contributed by atoms with Gasteiger partial charge in [-0.15, -0.1) is 0 Å². The molecule has 4 heteroatoms. The number of likely N-dealkylation sites (tertiary alicyclic amines) is 1. The highest BCUT2D eigenvalue weighted by Gasteiger charge is 2.39. The standard InChI is InChI=1S/C14H25N3O/c18-13(12-11-15-7-8-16-12)17-9-5-14(6-10-17)3-1-2-4-14/h12,15-16H,1-11H2. The molecule has 2 heterocycles. The maximum absolute atomic E-state index is 12.4. The summed E-state index contributed by atoms with van der Waals surface area (Å²) < 4.78 is 0. The van der Waals surface area contributed by atoms with Crippen molar-refractivity contribution in [2.45, 2.75) is 44.6 Å². The molecule has 3 aliphatic rings. The van der Waals surface area contributed by atoms with E-state index >= 15 is 0 Å². The van der Waals surface area contributed by atoms with Gasteiger partial charge in [0.25, 0.3) is 0 Å². The minimum atomic E-state index is 0.0105. The first-order valence-electron chi connectivity index (χ1n) is 7.52. The van der Waals surface area contributed by atoms with E-state index in [1.165, 1.54) is 38.5 Å². The van der Waals surface area contributed by atoms with Gasteiger partial charge in [0, 0.05) is 32.7 Å². The molecule has 1 amide bonds. The van der Waals surface area contributed by atoms with Crippen LogP contribution in [0.2, 0.25) is 0 Å². The van der Waals surface area contributed by atoms with Crippen LogP contribution in [0.5, 0.6) is 0 Å². The average Bonchev–Trinajstić information content (AvgIpc) is 2.88. The third-order valence-corrected chi connectivity index (χ3v) is 5.14. The summed E-state index contributed by atoms with van der Waals surface area (Å²) in [7, 11) is 0. The molecule has 2 aliphatic heterocycles. The fourth-order valence-electron chi connectivity index (χ4n) is 3.87. The lowest BCUT2D eigenvalue weighted by Gasteiger charge is -2.41. The van der Waals surface area contributed by atoms with E-state index in [1.807, 2.05) is 0 Å². The van der Waals surface area contributed by atoms with Crippen LogP contribution in [0.4, 0.5) is 0 Å². The van der Waals surface area contributed by atoms with Crippen molar-refractivity contribution in [1.82, 2.24) is 15.5 Å². The Kier molecular flexibility index (Phi) is 3.57. The van der Waals surface area contributed by atoms with E-state index < -0.39 is 0 Å². The van der Waals surface area contributed by atoms with Crippen molar-refractivity contribution in [3.63, 3.8) is 0 Å². The Hall–Kier alpha value is -0.610. The zero-order chi connectivity index (χ0) is 12.4. The first-order chi connectivity index (χ1) is 8.79. The van der Waals surface area contributed by atoms with Crippen LogP contribution >= 0.6 is 0 Å². The second-order valence-electron chi connectivity index (χ2n) is 6.24. The lowest BCUT2D eigenvalue weighted by Crippen LogP contribution is -2.58. The number of rotatable bonds is 1. The molecule has 4 nitrogen and oxygen atoms in total. The Morgan fingerprint density at radius 3 is 2.39 bits per heavy atom. The summed E-state index contributed by atoms with van der Waals surface area (Å²) in [5, 5.41) is 6.62. The first kappa shape index (κ1) is 12.4. The summed E-state index contributed by atoms with van der Waals surface area (Å²) in [5.41, 5.74) is 0.606. The largest absolute Gasteiger partial charge is 0.341 e. The van der Waals surface area contributed by atoms with E-state index in [-0.39, 0.29) is 6.04 Å². The minimum Gasteiger partial charge on any atom is -0.341 e. The smallest absolute Gasteiger partial charge is 0.241 e. The lowest BCUT2D eigenvalue weighted by atomic mass is 9.77. The molecule has 0 aromatic heterocycles. The number of nitrogens with one attached hydrogen (secondary N) is 2. The summed E-state index contributed by atoms with van der Waals surface area (Å²) >= 11 is 0. The second kappa shape index (κ2) is 5.17. The fourth-order valence-corrected chi connectivity index (χ4v) is 3.87. The molecule has 3 fully saturated rings. The van der Waals surface area contributed by atoms with Crippen LogP contribution in [0.3, 0.4) is 0 Å². The number of hydrogen-bond donors (Lipinski definition) is 2. The molecule has 3 rings (SSSR count). The van der Waals surface area contributed by atoms with Crippen molar-refractivity contribution in [1.29, 1.82) is 0 Å². The third kappa shape index (κ3) is 2.41. The van der Waals surface area contributed by atoms with Gasteiger partial charge in [-0.1, -0.05) is 12.8 Å². The van der Waals surface area contributed by atoms with Gasteiger partial charge in [-0.2, -0.15) is 0 Å². The van der Waals surface area contributed by atoms with Crippen LogP contribution in [0.25, 0.3) is 0 Å². The van der Waals surface area contributed by atoms with E-state index in [9.17, 15) is 4.79 Å². The molecule has 18 heavy (non-hydrogen) atoms. The van der Waals surface area contributed by atoms with Crippen molar-refractivity contribution in [3.8, 4) is 0 Å². The molecule has 1 aliphatic carbocycles. The molecule has 2 saturated heterocycles. The van der Waals surface area contributed by atoms with Crippen LogP contribution in [0.1, 0.15) is 38.5 Å². The molecular formula is C14H25N3O. The van der Waals surface area contributed by atoms with Crippen molar-refractivity contribution in [2.75, 3.05) is 32.7 Å². The molecule has 0 radical (unpaired) electrons. The van der Waals surface area contributed by atoms with Crippen LogP contribution in [0, 0.1) is 5.41 Å². The first-order valence-corrected chi connectivity index (χ1v) is 7.52. The second-order valence-corrected chi connectivity index (χ2v) is 6.24. The van der Waals surface area contributed by atoms with Gasteiger partial charge in [0.05, 0.1) is 6.04 Å². The molecule has 2 N–H and O–H groups in total. The predicted molar refractivity (Wildman–Crippen MR) is 71.4 cm³/mol. The van der Waals surface area contributed by atoms with Gasteiger partial charge < -0.3 is 15.5 Å². The minimum absolute atomic E-state index is 0.0105. The van der Waals surface area contributed by atoms with Gasteiger partial charge in [0.2, 0.25) is 5.91 Å². The van der Waals surface area contributed by atoms with E-state index in [1.54, 1.807) is 0 Å². The monoisotopic (exact) mass is 251 g/mol. The topological polar surface area (TPSA) is 44.4 Å². The molecule has 0 aromatic carbocycles. The molecule has 102 valence electrons. The van der Waals surface area contributed by atoms with Gasteiger partial charge in [-0.25, -0.2) is 0 Å². The number of hydrogen-bond acceptors (Lipinski definition) is 3. The Morgan fingerprint density at radius 2 is 1.78 bits per heavy atom. The highest BCUT2D eigenvalue weighted by Crippen LogP contribution is 2.46. The number of amides is 1. The highest BCUT2D eigenvalue weighted by atomic mass is 16.2. The van der Waals surface area contributed by atoms with Crippen LogP contribution in [-0.4, -0.2) is 49.6 Å². The van der Waals surface area contributed by atoms with Gasteiger partial charge >= 0.3 is 0 Å². The summed E-state index contributed by atoms with van der Waals surface area (Å²) in [4.78, 5) is 14.5. The maximum Gasteiger partial charge on any atom is 0.241 e. The number of nitrogens with zero attached hydrogens (tertiary/aromatic N) is 1. The molecule has 1 unspecified atom stereocenters. The number of piperazine rings is 1. The molecule has 0 bridgehead atoms. The Balaban J connectivity index is 1.53. The quantitative estimate of drug-likeness (QED) is 0.722. The molecule has 1 spiro atoms. The third-order valence-electron chi connectivity index (χ3n) is 5.14. The number of piperidine rings is 1. The fraction of sp³-hybridized carbons (Fsp3) is 0.929. The van der Waals surface area contributed by atoms with E-state index in [0.29, 0.717) is 11.3 Å². The Bertz CT molecular complexity index is 296. The van der Waals surface area contributed by atoms with Gasteiger partial charge in [0.15, 0.2) is 0 Å². The highest BCUT2D eigenvalue weighted by molar-refractivity contribution is 5.82. The lowest BCUT2D eigenvalue weighted by molar-refractivity contribution is -0.136.